The van der Waals surface area contributed by atoms with Gasteiger partial charge >= 0.3 is 12.1 Å². The molecule has 0 saturated carbocycles. The molecule has 0 aliphatic carbocycles. The molecule has 1 atom stereocenters. The van der Waals surface area contributed by atoms with E-state index in [9.17, 15) is 9.59 Å². The molecule has 0 aromatic heterocycles. The number of carbonyl (C=O) groups is 2. The van der Waals surface area contributed by atoms with Gasteiger partial charge in [0, 0.05) is 0 Å². The van der Waals surface area contributed by atoms with Crippen molar-refractivity contribution in [3.63, 3.8) is 0 Å². The third-order valence-corrected chi connectivity index (χ3v) is 4.11. The van der Waals surface area contributed by atoms with Crippen molar-refractivity contribution >= 4 is 18.3 Å². The second kappa shape index (κ2) is 11.0. The van der Waals surface area contributed by atoms with Crippen LogP contribution in [0.1, 0.15) is 42.3 Å². The van der Waals surface area contributed by atoms with Crippen LogP contribution in [-0.4, -0.2) is 42.2 Å². The highest BCUT2D eigenvalue weighted by Gasteiger charge is 2.19. The maximum absolute atomic E-state index is 12.0. The van der Waals surface area contributed by atoms with Crippen molar-refractivity contribution in [2.75, 3.05) is 7.11 Å². The number of esters is 1. The summed E-state index contributed by atoms with van der Waals surface area (Å²) in [7, 11) is 1.34. The number of hydrogen-bond acceptors (Lipinski definition) is 7. The van der Waals surface area contributed by atoms with E-state index in [0.29, 0.717) is 24.3 Å². The van der Waals surface area contributed by atoms with E-state index in [-0.39, 0.29) is 5.97 Å². The van der Waals surface area contributed by atoms with Gasteiger partial charge in [-0.2, -0.15) is 0 Å². The number of hydrogen-bond donors (Lipinski definition) is 2. The lowest BCUT2D eigenvalue weighted by atomic mass is 10.1. The minimum atomic E-state index is -0.621. The highest BCUT2D eigenvalue weighted by Crippen LogP contribution is 2.16. The van der Waals surface area contributed by atoms with Gasteiger partial charge < -0.3 is 24.7 Å². The van der Waals surface area contributed by atoms with Crippen LogP contribution in [0.15, 0.2) is 53.7 Å². The van der Waals surface area contributed by atoms with Crippen LogP contribution in [0.2, 0.25) is 0 Å². The maximum Gasteiger partial charge on any atom is 0.408 e. The first-order valence-electron chi connectivity index (χ1n) is 9.76. The number of nitrogens with zero attached hydrogens (tertiary/aromatic N) is 1. The summed E-state index contributed by atoms with van der Waals surface area (Å²) in [6.07, 6.45) is 1.07. The van der Waals surface area contributed by atoms with E-state index in [4.69, 9.17) is 14.7 Å². The summed E-state index contributed by atoms with van der Waals surface area (Å²) >= 11 is 0. The van der Waals surface area contributed by atoms with Crippen LogP contribution in [0.25, 0.3) is 0 Å². The van der Waals surface area contributed by atoms with Crippen molar-refractivity contribution in [2.24, 2.45) is 5.16 Å². The van der Waals surface area contributed by atoms with Gasteiger partial charge in [-0.15, -0.1) is 0 Å². The maximum atomic E-state index is 12.0. The van der Waals surface area contributed by atoms with Crippen molar-refractivity contribution in [2.45, 2.75) is 45.4 Å². The van der Waals surface area contributed by atoms with Crippen LogP contribution in [0.4, 0.5) is 4.79 Å². The highest BCUT2D eigenvalue weighted by atomic mass is 16.6. The third kappa shape index (κ3) is 8.38. The van der Waals surface area contributed by atoms with E-state index < -0.39 is 17.7 Å². The van der Waals surface area contributed by atoms with Crippen LogP contribution in [0.3, 0.4) is 0 Å². The van der Waals surface area contributed by atoms with E-state index in [0.717, 1.165) is 11.1 Å². The molecule has 0 fully saturated rings. The zero-order valence-electron chi connectivity index (χ0n) is 18.1. The van der Waals surface area contributed by atoms with E-state index in [1.807, 2.05) is 36.4 Å². The Kier molecular flexibility index (Phi) is 8.43. The van der Waals surface area contributed by atoms with Gasteiger partial charge in [0.1, 0.15) is 18.0 Å². The molecule has 2 N–H and O–H groups in total. The Morgan fingerprint density at radius 2 is 1.68 bits per heavy atom. The molecule has 2 rings (SSSR count). The summed E-state index contributed by atoms with van der Waals surface area (Å²) < 4.78 is 15.7. The molecular formula is C23H28N2O6. The number of nitrogens with one attached hydrogen (secondary N) is 1. The average molecular weight is 428 g/mol. The first-order valence-corrected chi connectivity index (χ1v) is 9.76. The van der Waals surface area contributed by atoms with E-state index in [1.165, 1.54) is 13.3 Å². The molecular weight excluding hydrogens is 400 g/mol. The van der Waals surface area contributed by atoms with E-state index in [1.54, 1.807) is 32.9 Å². The Labute approximate surface area is 181 Å². The molecule has 1 amide bonds. The third-order valence-electron chi connectivity index (χ3n) is 4.11. The van der Waals surface area contributed by atoms with Gasteiger partial charge in [-0.1, -0.05) is 29.4 Å². The van der Waals surface area contributed by atoms with Gasteiger partial charge in [-0.25, -0.2) is 9.59 Å². The molecule has 8 heteroatoms. The van der Waals surface area contributed by atoms with Crippen molar-refractivity contribution < 1.29 is 29.0 Å². The fourth-order valence-electron chi connectivity index (χ4n) is 2.68. The summed E-state index contributed by atoms with van der Waals surface area (Å²) in [6.45, 7) is 5.66. The summed E-state index contributed by atoms with van der Waals surface area (Å²) in [5.74, 6) is 0.294. The number of benzene rings is 2. The number of ether oxygens (including phenoxy) is 3. The normalized spacial score (nSPS) is 12.3. The van der Waals surface area contributed by atoms with Crippen LogP contribution in [0.5, 0.6) is 5.75 Å². The summed E-state index contributed by atoms with van der Waals surface area (Å²) in [5.41, 5.74) is 1.69. The molecule has 0 radical (unpaired) electrons. The first kappa shape index (κ1) is 23.7. The molecule has 8 nitrogen and oxygen atoms in total. The van der Waals surface area contributed by atoms with Crippen LogP contribution >= 0.6 is 0 Å². The number of amides is 1. The average Bonchev–Trinajstić information content (AvgIpc) is 2.72. The number of methoxy groups -OCH3 is 1. The largest absolute Gasteiger partial charge is 0.489 e. The lowest BCUT2D eigenvalue weighted by Gasteiger charge is -2.22. The molecule has 2 aromatic carbocycles. The monoisotopic (exact) mass is 428 g/mol. The Balaban J connectivity index is 1.91. The Morgan fingerprint density at radius 1 is 1.06 bits per heavy atom. The predicted octanol–water partition coefficient (Wildman–Crippen LogP) is 3.95. The van der Waals surface area contributed by atoms with Gasteiger partial charge in [0.2, 0.25) is 0 Å². The molecule has 0 heterocycles. The van der Waals surface area contributed by atoms with Gasteiger partial charge in [-0.3, -0.25) is 0 Å². The SMILES string of the molecule is COC(=O)c1ccc(COc2ccc(CC(/C=N\O)NC(=O)OC(C)(C)C)cc2)cc1. The van der Waals surface area contributed by atoms with Crippen LogP contribution in [-0.2, 0) is 22.5 Å². The number of oxime groups is 1. The Bertz CT molecular complexity index is 886. The first-order chi connectivity index (χ1) is 14.7. The molecule has 2 aromatic rings. The zero-order valence-corrected chi connectivity index (χ0v) is 18.1. The van der Waals surface area contributed by atoms with Crippen LogP contribution < -0.4 is 10.1 Å². The van der Waals surface area contributed by atoms with E-state index >= 15 is 0 Å². The predicted molar refractivity (Wildman–Crippen MR) is 116 cm³/mol. The van der Waals surface area contributed by atoms with Gasteiger partial charge in [-0.05, 0) is 62.6 Å². The van der Waals surface area contributed by atoms with Gasteiger partial charge in [0.15, 0.2) is 0 Å². The minimum Gasteiger partial charge on any atom is -0.489 e. The van der Waals surface area contributed by atoms with Crippen molar-refractivity contribution in [3.8, 4) is 5.75 Å². The molecule has 0 saturated heterocycles. The van der Waals surface area contributed by atoms with Gasteiger partial charge in [0.05, 0.1) is 24.9 Å². The molecule has 1 unspecified atom stereocenters. The zero-order chi connectivity index (χ0) is 22.9. The summed E-state index contributed by atoms with van der Waals surface area (Å²) in [6, 6.07) is 13.8. The summed E-state index contributed by atoms with van der Waals surface area (Å²) in [4.78, 5) is 23.4. The number of carbonyl (C=O) groups excluding carboxylic acids is 2. The Morgan fingerprint density at radius 3 is 2.23 bits per heavy atom. The van der Waals surface area contributed by atoms with Gasteiger partial charge in [0.25, 0.3) is 0 Å². The lowest BCUT2D eigenvalue weighted by molar-refractivity contribution is 0.0517. The smallest absolute Gasteiger partial charge is 0.408 e. The quantitative estimate of drug-likeness (QED) is 0.285. The second-order valence-electron chi connectivity index (χ2n) is 7.84. The Hall–Kier alpha value is -3.55. The van der Waals surface area contributed by atoms with Crippen molar-refractivity contribution in [1.82, 2.24) is 5.32 Å². The second-order valence-corrected chi connectivity index (χ2v) is 7.84. The van der Waals surface area contributed by atoms with E-state index in [2.05, 4.69) is 15.2 Å². The lowest BCUT2D eigenvalue weighted by Crippen LogP contribution is -2.41. The molecule has 0 aliphatic heterocycles. The highest BCUT2D eigenvalue weighted by molar-refractivity contribution is 5.89. The fourth-order valence-corrected chi connectivity index (χ4v) is 2.68. The van der Waals surface area contributed by atoms with Crippen LogP contribution in [0, 0.1) is 0 Å². The number of alkyl carbamates (subject to hydrolysis) is 1. The van der Waals surface area contributed by atoms with Crippen molar-refractivity contribution in [3.05, 3.63) is 65.2 Å². The number of rotatable bonds is 8. The molecule has 0 aliphatic rings. The molecule has 0 bridgehead atoms. The molecule has 0 spiro atoms. The van der Waals surface area contributed by atoms with Crippen molar-refractivity contribution in [1.29, 1.82) is 0 Å². The topological polar surface area (TPSA) is 106 Å². The summed E-state index contributed by atoms with van der Waals surface area (Å²) in [5, 5.41) is 14.6. The molecule has 31 heavy (non-hydrogen) atoms. The molecule has 166 valence electrons. The standard InChI is InChI=1S/C23H28N2O6/c1-23(2,3)31-22(27)25-19(14-24-28)13-16-7-11-20(12-8-16)30-15-17-5-9-18(10-6-17)21(26)29-4/h5-12,14,19,28H,13,15H2,1-4H3,(H,25,27)/b24-14-. The fraction of sp³-hybridized carbons (Fsp3) is 0.348. The minimum absolute atomic E-state index is 0.348.